The summed E-state index contributed by atoms with van der Waals surface area (Å²) in [5.41, 5.74) is 2.00. The molecule has 3 aromatic rings. The second-order valence-electron chi connectivity index (χ2n) is 6.32. The van der Waals surface area contributed by atoms with E-state index in [-0.39, 0.29) is 17.6 Å². The molecule has 27 heavy (non-hydrogen) atoms. The molecular formula is C19H16F2N4O2. The number of nitrogens with one attached hydrogen (secondary N) is 1. The molecule has 0 saturated heterocycles. The molecule has 2 heterocycles. The summed E-state index contributed by atoms with van der Waals surface area (Å²) in [5, 5.41) is 10.7. The maximum atomic E-state index is 13.6. The Labute approximate surface area is 153 Å². The van der Waals surface area contributed by atoms with Gasteiger partial charge >= 0.3 is 0 Å². The van der Waals surface area contributed by atoms with Gasteiger partial charge in [-0.2, -0.15) is 0 Å². The second-order valence-corrected chi connectivity index (χ2v) is 6.32. The minimum Gasteiger partial charge on any atom is -0.493 e. The highest BCUT2D eigenvalue weighted by molar-refractivity contribution is 5.92. The highest BCUT2D eigenvalue weighted by atomic mass is 19.1. The summed E-state index contributed by atoms with van der Waals surface area (Å²) in [4.78, 5) is 12.6. The van der Waals surface area contributed by atoms with Crippen molar-refractivity contribution in [2.75, 3.05) is 6.61 Å². The first kappa shape index (κ1) is 17.1. The average molecular weight is 370 g/mol. The van der Waals surface area contributed by atoms with E-state index in [0.29, 0.717) is 35.6 Å². The summed E-state index contributed by atoms with van der Waals surface area (Å²) in [6.45, 7) is 2.17. The first-order chi connectivity index (χ1) is 13.0. The van der Waals surface area contributed by atoms with E-state index < -0.39 is 11.7 Å². The number of ether oxygens (including phenoxy) is 1. The smallest absolute Gasteiger partial charge is 0.273 e. The molecule has 1 atom stereocenters. The summed E-state index contributed by atoms with van der Waals surface area (Å²) < 4.78 is 33.7. The van der Waals surface area contributed by atoms with Crippen molar-refractivity contribution in [2.24, 2.45) is 0 Å². The normalized spacial score (nSPS) is 15.7. The van der Waals surface area contributed by atoms with Crippen LogP contribution in [0.1, 0.15) is 34.1 Å². The number of nitrogens with zero attached hydrogens (tertiary/aromatic N) is 3. The predicted molar refractivity (Wildman–Crippen MR) is 92.8 cm³/mol. The van der Waals surface area contributed by atoms with E-state index in [1.165, 1.54) is 35.1 Å². The Kier molecular flexibility index (Phi) is 4.31. The number of aromatic nitrogens is 3. The average Bonchev–Trinajstić information content (AvgIpc) is 3.12. The van der Waals surface area contributed by atoms with E-state index in [4.69, 9.17) is 4.74 Å². The lowest BCUT2D eigenvalue weighted by Crippen LogP contribution is -2.32. The first-order valence-corrected chi connectivity index (χ1v) is 8.43. The Morgan fingerprint density at radius 1 is 1.22 bits per heavy atom. The number of halogens is 2. The van der Waals surface area contributed by atoms with Crippen LogP contribution in [0.15, 0.2) is 42.6 Å². The summed E-state index contributed by atoms with van der Waals surface area (Å²) in [6.07, 6.45) is 1.99. The third-order valence-electron chi connectivity index (χ3n) is 4.45. The third kappa shape index (κ3) is 3.38. The molecule has 0 fully saturated rings. The van der Waals surface area contributed by atoms with E-state index in [2.05, 4.69) is 15.6 Å². The van der Waals surface area contributed by atoms with Gasteiger partial charge in [-0.15, -0.1) is 5.10 Å². The molecular weight excluding hydrogens is 354 g/mol. The lowest BCUT2D eigenvalue weighted by atomic mass is 10.0. The van der Waals surface area contributed by atoms with Gasteiger partial charge in [-0.3, -0.25) is 4.79 Å². The molecule has 0 saturated carbocycles. The summed E-state index contributed by atoms with van der Waals surface area (Å²) in [6, 6.07) is 8.11. The molecule has 4 rings (SSSR count). The van der Waals surface area contributed by atoms with Crippen LogP contribution < -0.4 is 10.1 Å². The van der Waals surface area contributed by atoms with Crippen LogP contribution in [0.2, 0.25) is 0 Å². The molecule has 1 N–H and O–H groups in total. The van der Waals surface area contributed by atoms with E-state index in [0.717, 1.165) is 0 Å². The van der Waals surface area contributed by atoms with Crippen LogP contribution in [0.4, 0.5) is 8.78 Å². The van der Waals surface area contributed by atoms with Crippen molar-refractivity contribution in [3.63, 3.8) is 0 Å². The minimum atomic E-state index is -0.428. The number of hydrogen-bond donors (Lipinski definition) is 1. The molecule has 1 aliphatic heterocycles. The van der Waals surface area contributed by atoms with Gasteiger partial charge < -0.3 is 10.1 Å². The zero-order chi connectivity index (χ0) is 19.0. The van der Waals surface area contributed by atoms with E-state index in [1.54, 1.807) is 19.1 Å². The number of aryl methyl sites for hydroxylation is 1. The SMILES string of the molecule is Cc1cc(F)ccc1-n1cc(C(=O)NC2CCOc3ccc(F)cc32)nn1. The van der Waals surface area contributed by atoms with Gasteiger partial charge in [0.2, 0.25) is 0 Å². The van der Waals surface area contributed by atoms with Crippen molar-refractivity contribution >= 4 is 5.91 Å². The van der Waals surface area contributed by atoms with Gasteiger partial charge in [-0.25, -0.2) is 13.5 Å². The Hall–Kier alpha value is -3.29. The van der Waals surface area contributed by atoms with Gasteiger partial charge in [-0.1, -0.05) is 5.21 Å². The van der Waals surface area contributed by atoms with Gasteiger partial charge in [0, 0.05) is 12.0 Å². The monoisotopic (exact) mass is 370 g/mol. The first-order valence-electron chi connectivity index (χ1n) is 8.43. The van der Waals surface area contributed by atoms with Crippen LogP contribution in [-0.2, 0) is 0 Å². The standard InChI is InChI=1S/C19H16F2N4O2/c1-11-8-12(20)2-4-17(11)25-10-16(23-24-25)19(26)22-15-6-7-27-18-5-3-13(21)9-14(15)18/h2-5,8-10,15H,6-7H2,1H3,(H,22,26). The fourth-order valence-corrected chi connectivity index (χ4v) is 3.11. The molecule has 1 amide bonds. The largest absolute Gasteiger partial charge is 0.493 e. The van der Waals surface area contributed by atoms with Crippen molar-refractivity contribution in [1.82, 2.24) is 20.3 Å². The molecule has 0 bridgehead atoms. The number of hydrogen-bond acceptors (Lipinski definition) is 4. The highest BCUT2D eigenvalue weighted by Gasteiger charge is 2.25. The lowest BCUT2D eigenvalue weighted by Gasteiger charge is -2.26. The van der Waals surface area contributed by atoms with Crippen molar-refractivity contribution < 1.29 is 18.3 Å². The number of rotatable bonds is 3. The van der Waals surface area contributed by atoms with Gasteiger partial charge in [0.05, 0.1) is 24.5 Å². The predicted octanol–water partition coefficient (Wildman–Crippen LogP) is 3.11. The fourth-order valence-electron chi connectivity index (χ4n) is 3.11. The molecule has 0 aliphatic carbocycles. The molecule has 2 aromatic carbocycles. The maximum Gasteiger partial charge on any atom is 0.273 e. The Morgan fingerprint density at radius 2 is 2.00 bits per heavy atom. The van der Waals surface area contributed by atoms with Crippen LogP contribution in [0.25, 0.3) is 5.69 Å². The highest BCUT2D eigenvalue weighted by Crippen LogP contribution is 2.32. The summed E-state index contributed by atoms with van der Waals surface area (Å²) >= 11 is 0. The van der Waals surface area contributed by atoms with Crippen LogP contribution in [0.5, 0.6) is 5.75 Å². The van der Waals surface area contributed by atoms with Crippen LogP contribution in [-0.4, -0.2) is 27.5 Å². The van der Waals surface area contributed by atoms with Crippen LogP contribution in [0, 0.1) is 18.6 Å². The zero-order valence-corrected chi connectivity index (χ0v) is 14.4. The zero-order valence-electron chi connectivity index (χ0n) is 14.4. The number of carbonyl (C=O) groups excluding carboxylic acids is 1. The molecule has 0 radical (unpaired) electrons. The number of benzene rings is 2. The second kappa shape index (κ2) is 6.79. The minimum absolute atomic E-state index is 0.114. The molecule has 138 valence electrons. The third-order valence-corrected chi connectivity index (χ3v) is 4.45. The Bertz CT molecular complexity index is 1020. The molecule has 8 heteroatoms. The molecule has 1 aromatic heterocycles. The van der Waals surface area contributed by atoms with E-state index in [1.807, 2.05) is 0 Å². The number of amides is 1. The van der Waals surface area contributed by atoms with Crippen LogP contribution >= 0.6 is 0 Å². The van der Waals surface area contributed by atoms with Crippen molar-refractivity contribution in [2.45, 2.75) is 19.4 Å². The van der Waals surface area contributed by atoms with Gasteiger partial charge in [0.1, 0.15) is 17.4 Å². The lowest BCUT2D eigenvalue weighted by molar-refractivity contribution is 0.0919. The maximum absolute atomic E-state index is 13.6. The molecule has 1 aliphatic rings. The Morgan fingerprint density at radius 3 is 2.81 bits per heavy atom. The summed E-state index contributed by atoms with van der Waals surface area (Å²) in [7, 11) is 0. The Balaban J connectivity index is 1.55. The van der Waals surface area contributed by atoms with Crippen molar-refractivity contribution in [3.05, 3.63) is 71.1 Å². The number of fused-ring (bicyclic) bond motifs is 1. The van der Waals surface area contributed by atoms with E-state index >= 15 is 0 Å². The van der Waals surface area contributed by atoms with Gasteiger partial charge in [0.25, 0.3) is 5.91 Å². The van der Waals surface area contributed by atoms with Gasteiger partial charge in [-0.05, 0) is 48.9 Å². The van der Waals surface area contributed by atoms with Crippen molar-refractivity contribution in [3.8, 4) is 11.4 Å². The summed E-state index contributed by atoms with van der Waals surface area (Å²) in [5.74, 6) is -0.613. The quantitative estimate of drug-likeness (QED) is 0.769. The van der Waals surface area contributed by atoms with Crippen LogP contribution in [0.3, 0.4) is 0 Å². The van der Waals surface area contributed by atoms with Crippen molar-refractivity contribution in [1.29, 1.82) is 0 Å². The molecule has 6 nitrogen and oxygen atoms in total. The molecule has 1 unspecified atom stereocenters. The fraction of sp³-hybridized carbons (Fsp3) is 0.211. The number of carbonyl (C=O) groups is 1. The van der Waals surface area contributed by atoms with Gasteiger partial charge in [0.15, 0.2) is 5.69 Å². The van der Waals surface area contributed by atoms with E-state index in [9.17, 15) is 13.6 Å². The topological polar surface area (TPSA) is 69.0 Å². The molecule has 0 spiro atoms.